The fraction of sp³-hybridized carbons (Fsp3) is 0.722. The first-order valence-corrected chi connectivity index (χ1v) is 9.06. The van der Waals surface area contributed by atoms with Crippen molar-refractivity contribution in [3.05, 3.63) is 17.7 Å². The Kier molecular flexibility index (Phi) is 4.92. The molecule has 1 aliphatic carbocycles. The highest BCUT2D eigenvalue weighted by atomic mass is 16.2. The molecule has 1 aliphatic heterocycles. The first-order chi connectivity index (χ1) is 11.4. The van der Waals surface area contributed by atoms with Crippen molar-refractivity contribution in [2.75, 3.05) is 13.1 Å². The summed E-state index contributed by atoms with van der Waals surface area (Å²) in [6.07, 6.45) is 5.32. The molecule has 132 valence electrons. The fourth-order valence-corrected chi connectivity index (χ4v) is 3.25. The Bertz CT molecular complexity index is 619. The van der Waals surface area contributed by atoms with Gasteiger partial charge in [0, 0.05) is 32.3 Å². The highest BCUT2D eigenvalue weighted by Gasteiger charge is 2.30. The third-order valence-electron chi connectivity index (χ3n) is 4.81. The van der Waals surface area contributed by atoms with Gasteiger partial charge in [-0.15, -0.1) is 0 Å². The van der Waals surface area contributed by atoms with Crippen molar-refractivity contribution >= 4 is 11.8 Å². The predicted molar refractivity (Wildman–Crippen MR) is 91.2 cm³/mol. The van der Waals surface area contributed by atoms with Crippen molar-refractivity contribution in [3.63, 3.8) is 0 Å². The minimum absolute atomic E-state index is 0.0340. The molecule has 2 amide bonds. The molecular formula is C18H28N4O2. The molecule has 0 bridgehead atoms. The van der Waals surface area contributed by atoms with Gasteiger partial charge in [0.15, 0.2) is 0 Å². The van der Waals surface area contributed by atoms with Crippen molar-refractivity contribution in [2.45, 2.75) is 59.0 Å². The van der Waals surface area contributed by atoms with E-state index in [2.05, 4.69) is 28.7 Å². The smallest absolute Gasteiger partial charge is 0.226 e. The van der Waals surface area contributed by atoms with Crippen molar-refractivity contribution in [1.82, 2.24) is 19.8 Å². The Morgan fingerprint density at radius 3 is 2.75 bits per heavy atom. The second kappa shape index (κ2) is 6.95. The largest absolute Gasteiger partial charge is 0.355 e. The topological polar surface area (TPSA) is 67.2 Å². The summed E-state index contributed by atoms with van der Waals surface area (Å²) in [7, 11) is 0. The minimum atomic E-state index is -0.0340. The van der Waals surface area contributed by atoms with E-state index in [1.54, 1.807) is 0 Å². The number of hydrogen-bond acceptors (Lipinski definition) is 3. The molecule has 6 nitrogen and oxygen atoms in total. The molecule has 2 heterocycles. The quantitative estimate of drug-likeness (QED) is 0.865. The lowest BCUT2D eigenvalue weighted by molar-refractivity contribution is -0.135. The summed E-state index contributed by atoms with van der Waals surface area (Å²) in [5.74, 6) is 2.17. The van der Waals surface area contributed by atoms with Crippen LogP contribution in [-0.4, -0.2) is 39.4 Å². The van der Waals surface area contributed by atoms with Crippen molar-refractivity contribution in [2.24, 2.45) is 11.8 Å². The Morgan fingerprint density at radius 1 is 1.33 bits per heavy atom. The monoisotopic (exact) mass is 332 g/mol. The molecule has 2 aliphatic rings. The molecule has 0 spiro atoms. The van der Waals surface area contributed by atoms with Crippen LogP contribution in [0.4, 0.5) is 0 Å². The number of carbonyl (C=O) groups is 2. The highest BCUT2D eigenvalue weighted by molar-refractivity contribution is 5.78. The maximum atomic E-state index is 12.4. The van der Waals surface area contributed by atoms with E-state index in [-0.39, 0.29) is 17.9 Å². The molecule has 6 heteroatoms. The molecule has 3 rings (SSSR count). The SMILES string of the molecule is CC(C)CC(=O)N1CCn2cc(CC(=O)NCC3CC3)nc2C1C. The number of imidazole rings is 1. The van der Waals surface area contributed by atoms with Crippen LogP contribution in [0.2, 0.25) is 0 Å². The van der Waals surface area contributed by atoms with Gasteiger partial charge < -0.3 is 14.8 Å². The summed E-state index contributed by atoms with van der Waals surface area (Å²) < 4.78 is 2.09. The Morgan fingerprint density at radius 2 is 2.08 bits per heavy atom. The second-order valence-electron chi connectivity index (χ2n) is 7.57. The fourth-order valence-electron chi connectivity index (χ4n) is 3.25. The average Bonchev–Trinajstić information content (AvgIpc) is 3.24. The van der Waals surface area contributed by atoms with Crippen LogP contribution in [0.15, 0.2) is 6.20 Å². The summed E-state index contributed by atoms with van der Waals surface area (Å²) >= 11 is 0. The van der Waals surface area contributed by atoms with Gasteiger partial charge >= 0.3 is 0 Å². The maximum Gasteiger partial charge on any atom is 0.226 e. The summed E-state index contributed by atoms with van der Waals surface area (Å²) in [5, 5.41) is 2.98. The van der Waals surface area contributed by atoms with Crippen molar-refractivity contribution < 1.29 is 9.59 Å². The number of carbonyl (C=O) groups excluding carboxylic acids is 2. The highest BCUT2D eigenvalue weighted by Crippen LogP contribution is 2.28. The lowest BCUT2D eigenvalue weighted by atomic mass is 10.1. The second-order valence-corrected chi connectivity index (χ2v) is 7.57. The number of aromatic nitrogens is 2. The lowest BCUT2D eigenvalue weighted by Crippen LogP contribution is -2.41. The molecule has 1 unspecified atom stereocenters. The van der Waals surface area contributed by atoms with Crippen molar-refractivity contribution in [3.8, 4) is 0 Å². The van der Waals surface area contributed by atoms with Gasteiger partial charge in [-0.2, -0.15) is 0 Å². The first-order valence-electron chi connectivity index (χ1n) is 9.06. The Labute approximate surface area is 143 Å². The number of amides is 2. The van der Waals surface area contributed by atoms with E-state index in [1.165, 1.54) is 12.8 Å². The van der Waals surface area contributed by atoms with Gasteiger partial charge in [0.25, 0.3) is 0 Å². The molecule has 1 N–H and O–H groups in total. The molecule has 24 heavy (non-hydrogen) atoms. The standard InChI is InChI=1S/C18H28N4O2/c1-12(2)8-17(24)22-7-6-21-11-15(20-18(21)13(22)3)9-16(23)19-10-14-4-5-14/h11-14H,4-10H2,1-3H3,(H,19,23). The predicted octanol–water partition coefficient (Wildman–Crippen LogP) is 1.90. The first kappa shape index (κ1) is 17.0. The van der Waals surface area contributed by atoms with Crippen LogP contribution in [-0.2, 0) is 22.6 Å². The zero-order chi connectivity index (χ0) is 17.3. The van der Waals surface area contributed by atoms with Gasteiger partial charge in [-0.25, -0.2) is 4.98 Å². The Balaban J connectivity index is 1.62. The summed E-state index contributed by atoms with van der Waals surface area (Å²) in [6, 6.07) is -0.0340. The average molecular weight is 332 g/mol. The Hall–Kier alpha value is -1.85. The molecule has 0 saturated heterocycles. The van der Waals surface area contributed by atoms with E-state index < -0.39 is 0 Å². The molecule has 1 aromatic heterocycles. The van der Waals surface area contributed by atoms with Gasteiger partial charge in [-0.05, 0) is 31.6 Å². The minimum Gasteiger partial charge on any atom is -0.355 e. The molecule has 1 aromatic rings. The maximum absolute atomic E-state index is 12.4. The van der Waals surface area contributed by atoms with Gasteiger partial charge in [0.2, 0.25) is 11.8 Å². The van der Waals surface area contributed by atoms with E-state index in [9.17, 15) is 9.59 Å². The van der Waals surface area contributed by atoms with E-state index >= 15 is 0 Å². The molecule has 0 aromatic carbocycles. The zero-order valence-corrected chi connectivity index (χ0v) is 14.9. The summed E-state index contributed by atoms with van der Waals surface area (Å²) in [6.45, 7) is 8.40. The molecule has 0 radical (unpaired) electrons. The zero-order valence-electron chi connectivity index (χ0n) is 14.9. The van der Waals surface area contributed by atoms with Crippen molar-refractivity contribution in [1.29, 1.82) is 0 Å². The van der Waals surface area contributed by atoms with Crippen LogP contribution in [0, 0.1) is 11.8 Å². The number of rotatable bonds is 6. The number of hydrogen-bond donors (Lipinski definition) is 1. The lowest BCUT2D eigenvalue weighted by Gasteiger charge is -2.34. The van der Waals surface area contributed by atoms with E-state index in [4.69, 9.17) is 0 Å². The normalized spacial score (nSPS) is 20.2. The number of nitrogens with zero attached hydrogens (tertiary/aromatic N) is 3. The third-order valence-corrected chi connectivity index (χ3v) is 4.81. The van der Waals surface area contributed by atoms with Gasteiger partial charge in [-0.1, -0.05) is 13.8 Å². The number of nitrogens with one attached hydrogen (secondary N) is 1. The third kappa shape index (κ3) is 3.97. The van der Waals surface area contributed by atoms with Crippen LogP contribution >= 0.6 is 0 Å². The molecular weight excluding hydrogens is 304 g/mol. The van der Waals surface area contributed by atoms with Crippen LogP contribution in [0.5, 0.6) is 0 Å². The summed E-state index contributed by atoms with van der Waals surface area (Å²) in [4.78, 5) is 31.0. The van der Waals surface area contributed by atoms with E-state index in [1.807, 2.05) is 18.0 Å². The summed E-state index contributed by atoms with van der Waals surface area (Å²) in [5.41, 5.74) is 0.795. The van der Waals surface area contributed by atoms with E-state index in [0.717, 1.165) is 24.6 Å². The van der Waals surface area contributed by atoms with Crippen LogP contribution in [0.3, 0.4) is 0 Å². The van der Waals surface area contributed by atoms with Gasteiger partial charge in [0.1, 0.15) is 5.82 Å². The molecule has 1 atom stereocenters. The van der Waals surface area contributed by atoms with Crippen LogP contribution < -0.4 is 5.32 Å². The van der Waals surface area contributed by atoms with Gasteiger partial charge in [-0.3, -0.25) is 9.59 Å². The number of fused-ring (bicyclic) bond motifs is 1. The van der Waals surface area contributed by atoms with Gasteiger partial charge in [0.05, 0.1) is 18.2 Å². The van der Waals surface area contributed by atoms with Crippen LogP contribution in [0.1, 0.15) is 57.6 Å². The van der Waals surface area contributed by atoms with E-state index in [0.29, 0.717) is 31.2 Å². The van der Waals surface area contributed by atoms with Crippen LogP contribution in [0.25, 0.3) is 0 Å². The molecule has 1 fully saturated rings. The molecule has 1 saturated carbocycles.